The first-order valence-electron chi connectivity index (χ1n) is 6.51. The van der Waals surface area contributed by atoms with E-state index in [2.05, 4.69) is 53.4 Å². The van der Waals surface area contributed by atoms with Crippen LogP contribution in [0, 0.1) is 0 Å². The molecule has 0 amide bonds. The van der Waals surface area contributed by atoms with Crippen LogP contribution in [0.4, 0.5) is 5.69 Å². The number of benzene rings is 1. The van der Waals surface area contributed by atoms with Gasteiger partial charge in [0, 0.05) is 45.0 Å². The lowest BCUT2D eigenvalue weighted by molar-refractivity contribution is 0.148. The highest BCUT2D eigenvalue weighted by Crippen LogP contribution is 2.12. The van der Waals surface area contributed by atoms with Crippen LogP contribution in [0.5, 0.6) is 0 Å². The number of rotatable bonds is 4. The minimum Gasteiger partial charge on any atom is -0.385 e. The van der Waals surface area contributed by atoms with Crippen molar-refractivity contribution in [3.8, 4) is 0 Å². The summed E-state index contributed by atoms with van der Waals surface area (Å²) in [5.74, 6) is 0. The summed E-state index contributed by atoms with van der Waals surface area (Å²) in [7, 11) is 2.20. The van der Waals surface area contributed by atoms with E-state index in [9.17, 15) is 0 Å². The average molecular weight is 233 g/mol. The van der Waals surface area contributed by atoms with Gasteiger partial charge in [-0.05, 0) is 31.7 Å². The Morgan fingerprint density at radius 1 is 1.06 bits per heavy atom. The Balaban J connectivity index is 1.86. The zero-order valence-corrected chi connectivity index (χ0v) is 10.9. The van der Waals surface area contributed by atoms with Gasteiger partial charge in [0.25, 0.3) is 0 Å². The Hall–Kier alpha value is -1.06. The van der Waals surface area contributed by atoms with Crippen LogP contribution in [-0.4, -0.2) is 49.6 Å². The molecule has 1 saturated heterocycles. The number of nitrogens with zero attached hydrogens (tertiary/aromatic N) is 2. The van der Waals surface area contributed by atoms with Crippen molar-refractivity contribution >= 4 is 5.69 Å². The second-order valence-electron chi connectivity index (χ2n) is 4.81. The Labute approximate surface area is 104 Å². The van der Waals surface area contributed by atoms with Crippen LogP contribution < -0.4 is 5.32 Å². The topological polar surface area (TPSA) is 18.5 Å². The molecule has 1 fully saturated rings. The molecule has 2 rings (SSSR count). The van der Waals surface area contributed by atoms with Crippen molar-refractivity contribution < 1.29 is 0 Å². The quantitative estimate of drug-likeness (QED) is 0.856. The number of hydrogen-bond donors (Lipinski definition) is 1. The van der Waals surface area contributed by atoms with Gasteiger partial charge in [0.15, 0.2) is 0 Å². The van der Waals surface area contributed by atoms with E-state index in [1.807, 2.05) is 0 Å². The van der Waals surface area contributed by atoms with Gasteiger partial charge in [-0.3, -0.25) is 4.90 Å². The Bertz CT molecular complexity index is 326. The van der Waals surface area contributed by atoms with Gasteiger partial charge in [0.05, 0.1) is 0 Å². The van der Waals surface area contributed by atoms with E-state index >= 15 is 0 Å². The summed E-state index contributed by atoms with van der Waals surface area (Å²) >= 11 is 0. The van der Waals surface area contributed by atoms with Gasteiger partial charge in [-0.15, -0.1) is 0 Å². The molecule has 0 aromatic heterocycles. The maximum Gasteiger partial charge on any atom is 0.0340 e. The molecule has 3 nitrogen and oxygen atoms in total. The molecular formula is C14H23N3. The summed E-state index contributed by atoms with van der Waals surface area (Å²) in [6, 6.07) is 8.82. The molecule has 0 spiro atoms. The van der Waals surface area contributed by atoms with E-state index in [4.69, 9.17) is 0 Å². The molecule has 0 radical (unpaired) electrons. The first kappa shape index (κ1) is 12.4. The van der Waals surface area contributed by atoms with Gasteiger partial charge in [0.2, 0.25) is 0 Å². The van der Waals surface area contributed by atoms with Gasteiger partial charge in [0.1, 0.15) is 0 Å². The first-order valence-corrected chi connectivity index (χ1v) is 6.51. The predicted octanol–water partition coefficient (Wildman–Crippen LogP) is 1.87. The summed E-state index contributed by atoms with van der Waals surface area (Å²) in [5, 5.41) is 3.32. The van der Waals surface area contributed by atoms with E-state index in [1.165, 1.54) is 37.4 Å². The lowest BCUT2D eigenvalue weighted by Gasteiger charge is -2.32. The lowest BCUT2D eigenvalue weighted by atomic mass is 10.2. The van der Waals surface area contributed by atoms with Crippen molar-refractivity contribution in [3.05, 3.63) is 29.8 Å². The average Bonchev–Trinajstić information content (AvgIpc) is 2.35. The van der Waals surface area contributed by atoms with Crippen LogP contribution in [0.1, 0.15) is 12.5 Å². The molecule has 0 bridgehead atoms. The van der Waals surface area contributed by atoms with Gasteiger partial charge >= 0.3 is 0 Å². The van der Waals surface area contributed by atoms with Crippen molar-refractivity contribution in [2.45, 2.75) is 13.5 Å². The Morgan fingerprint density at radius 2 is 1.71 bits per heavy atom. The zero-order chi connectivity index (χ0) is 12.1. The maximum absolute atomic E-state index is 3.32. The third-order valence-corrected chi connectivity index (χ3v) is 3.34. The minimum absolute atomic E-state index is 0.984. The molecule has 0 atom stereocenters. The molecular weight excluding hydrogens is 210 g/mol. The van der Waals surface area contributed by atoms with Crippen LogP contribution >= 0.6 is 0 Å². The number of hydrogen-bond acceptors (Lipinski definition) is 3. The molecule has 17 heavy (non-hydrogen) atoms. The normalized spacial score (nSPS) is 18.2. The highest BCUT2D eigenvalue weighted by atomic mass is 15.2. The molecule has 1 heterocycles. The van der Waals surface area contributed by atoms with Crippen LogP contribution in [0.2, 0.25) is 0 Å². The van der Waals surface area contributed by atoms with Crippen LogP contribution in [0.15, 0.2) is 24.3 Å². The summed E-state index contributed by atoms with van der Waals surface area (Å²) < 4.78 is 0. The molecule has 1 aliphatic rings. The molecule has 0 saturated carbocycles. The monoisotopic (exact) mass is 233 g/mol. The van der Waals surface area contributed by atoms with E-state index in [-0.39, 0.29) is 0 Å². The molecule has 1 aromatic rings. The van der Waals surface area contributed by atoms with Crippen molar-refractivity contribution in [2.75, 3.05) is 45.1 Å². The second kappa shape index (κ2) is 6.03. The fourth-order valence-corrected chi connectivity index (χ4v) is 2.20. The van der Waals surface area contributed by atoms with E-state index in [0.717, 1.165) is 13.1 Å². The third kappa shape index (κ3) is 3.72. The van der Waals surface area contributed by atoms with Crippen molar-refractivity contribution in [1.29, 1.82) is 0 Å². The number of anilines is 1. The highest BCUT2D eigenvalue weighted by Gasteiger charge is 2.13. The highest BCUT2D eigenvalue weighted by molar-refractivity contribution is 5.44. The van der Waals surface area contributed by atoms with E-state index < -0.39 is 0 Å². The fourth-order valence-electron chi connectivity index (χ4n) is 2.20. The maximum atomic E-state index is 3.32. The van der Waals surface area contributed by atoms with Gasteiger partial charge < -0.3 is 10.2 Å². The zero-order valence-electron chi connectivity index (χ0n) is 10.9. The van der Waals surface area contributed by atoms with Crippen LogP contribution in [0.25, 0.3) is 0 Å². The summed E-state index contributed by atoms with van der Waals surface area (Å²) in [4.78, 5) is 4.92. The van der Waals surface area contributed by atoms with E-state index in [1.54, 1.807) is 0 Å². The molecule has 3 heteroatoms. The Kier molecular flexibility index (Phi) is 4.40. The van der Waals surface area contributed by atoms with Gasteiger partial charge in [-0.25, -0.2) is 0 Å². The van der Waals surface area contributed by atoms with Gasteiger partial charge in [-0.1, -0.05) is 12.1 Å². The largest absolute Gasteiger partial charge is 0.385 e. The first-order chi connectivity index (χ1) is 8.28. The molecule has 1 aliphatic heterocycles. The minimum atomic E-state index is 0.984. The van der Waals surface area contributed by atoms with Crippen molar-refractivity contribution in [3.63, 3.8) is 0 Å². The summed E-state index contributed by atoms with van der Waals surface area (Å²) in [5.41, 5.74) is 2.63. The molecule has 1 N–H and O–H groups in total. The molecule has 94 valence electrons. The third-order valence-electron chi connectivity index (χ3n) is 3.34. The standard InChI is InChI=1S/C14H23N3/c1-3-15-14-6-4-13(5-7-14)12-17-10-8-16(2)9-11-17/h4-7,15H,3,8-12H2,1-2H3. The number of piperazine rings is 1. The Morgan fingerprint density at radius 3 is 2.29 bits per heavy atom. The van der Waals surface area contributed by atoms with Gasteiger partial charge in [-0.2, -0.15) is 0 Å². The molecule has 0 unspecified atom stereocenters. The van der Waals surface area contributed by atoms with E-state index in [0.29, 0.717) is 0 Å². The van der Waals surface area contributed by atoms with Crippen molar-refractivity contribution in [2.24, 2.45) is 0 Å². The summed E-state index contributed by atoms with van der Waals surface area (Å²) in [6.07, 6.45) is 0. The summed E-state index contributed by atoms with van der Waals surface area (Å²) in [6.45, 7) is 8.94. The molecule has 1 aromatic carbocycles. The van der Waals surface area contributed by atoms with Crippen LogP contribution in [-0.2, 0) is 6.54 Å². The SMILES string of the molecule is CCNc1ccc(CN2CCN(C)CC2)cc1. The second-order valence-corrected chi connectivity index (χ2v) is 4.81. The number of likely N-dealkylation sites (N-methyl/N-ethyl adjacent to an activating group) is 1. The molecule has 0 aliphatic carbocycles. The number of nitrogens with one attached hydrogen (secondary N) is 1. The fraction of sp³-hybridized carbons (Fsp3) is 0.571. The van der Waals surface area contributed by atoms with Crippen molar-refractivity contribution in [1.82, 2.24) is 9.80 Å². The lowest BCUT2D eigenvalue weighted by Crippen LogP contribution is -2.43. The predicted molar refractivity (Wildman–Crippen MR) is 73.4 cm³/mol. The smallest absolute Gasteiger partial charge is 0.0340 e. The van der Waals surface area contributed by atoms with Crippen LogP contribution in [0.3, 0.4) is 0 Å².